The second kappa shape index (κ2) is 81.1. The van der Waals surface area contributed by atoms with E-state index in [2.05, 4.69) is 148 Å². The molecule has 0 aliphatic heterocycles. The molecule has 0 aromatic carbocycles. The van der Waals surface area contributed by atoms with Gasteiger partial charge in [-0.3, -0.25) is 9.59 Å². The zero-order valence-electron chi connectivity index (χ0n) is 66.5. The Labute approximate surface area is 624 Å². The molecule has 580 valence electrons. The Morgan fingerprint density at radius 3 is 0.792 bits per heavy atom. The van der Waals surface area contributed by atoms with Gasteiger partial charge in [-0.05, 0) is 109 Å². The van der Waals surface area contributed by atoms with Gasteiger partial charge in [-0.15, -0.1) is 0 Å². The molecule has 0 aromatic heterocycles. The fourth-order valence-electron chi connectivity index (χ4n) is 12.0. The molecule has 9 nitrogen and oxygen atoms in total. The molecule has 0 aliphatic carbocycles. The Kier molecular flexibility index (Phi) is 77.4. The molecule has 0 bridgehead atoms. The van der Waals surface area contributed by atoms with Crippen LogP contribution in [0.3, 0.4) is 0 Å². The van der Waals surface area contributed by atoms with Crippen molar-refractivity contribution < 1.29 is 42.9 Å². The summed E-state index contributed by atoms with van der Waals surface area (Å²) in [5.41, 5.74) is 0. The molecule has 0 saturated carbocycles. The SMILES string of the molecule is CC/C=C\C/C=C\C/C=C\C/C=C\C/C=C\C/C=C\CCCCCCCCCCCCCCCCCCCCCCCCC(=O)OC(COC(=O)CCCCCCCCCCCCCCCCCCCCC/C=C\C/C=C\C/C=C\C/C=C\C/C=C\CC)COC(OCC[N+](C)(C)C)C(=O)[O-]. The van der Waals surface area contributed by atoms with Gasteiger partial charge in [0.1, 0.15) is 13.2 Å². The third-order valence-corrected chi connectivity index (χ3v) is 18.4. The van der Waals surface area contributed by atoms with Gasteiger partial charge in [0, 0.05) is 12.8 Å². The molecule has 0 N–H and O–H groups in total. The zero-order valence-corrected chi connectivity index (χ0v) is 66.5. The Hall–Kier alpha value is -4.57. The van der Waals surface area contributed by atoms with Crippen molar-refractivity contribution in [2.45, 2.75) is 386 Å². The summed E-state index contributed by atoms with van der Waals surface area (Å²) in [7, 11) is 5.95. The van der Waals surface area contributed by atoms with E-state index in [4.69, 9.17) is 18.9 Å². The molecule has 101 heavy (non-hydrogen) atoms. The summed E-state index contributed by atoms with van der Waals surface area (Å²) < 4.78 is 22.9. The second-order valence-corrected chi connectivity index (χ2v) is 29.4. The first-order valence-electron chi connectivity index (χ1n) is 42.3. The third-order valence-electron chi connectivity index (χ3n) is 18.4. The number of ether oxygens (including phenoxy) is 4. The average Bonchev–Trinajstić information content (AvgIpc) is 1.21. The molecule has 0 rings (SSSR count). The van der Waals surface area contributed by atoms with Crippen molar-refractivity contribution in [3.8, 4) is 0 Å². The van der Waals surface area contributed by atoms with Crippen LogP contribution < -0.4 is 5.11 Å². The molecule has 9 heteroatoms. The van der Waals surface area contributed by atoms with Crippen molar-refractivity contribution in [2.75, 3.05) is 47.5 Å². The number of carboxylic acids is 1. The quantitative estimate of drug-likeness (QED) is 0.0195. The van der Waals surface area contributed by atoms with Gasteiger partial charge >= 0.3 is 11.9 Å². The van der Waals surface area contributed by atoms with Crippen LogP contribution >= 0.6 is 0 Å². The number of carboxylic acid groups (broad SMARTS) is 1. The molecule has 0 aliphatic rings. The number of nitrogens with zero attached hydrogens (tertiary/aromatic N) is 1. The number of hydrogen-bond acceptors (Lipinski definition) is 8. The van der Waals surface area contributed by atoms with Crippen molar-refractivity contribution >= 4 is 17.9 Å². The number of esters is 2. The number of hydrogen-bond donors (Lipinski definition) is 0. The van der Waals surface area contributed by atoms with Gasteiger partial charge < -0.3 is 33.3 Å². The largest absolute Gasteiger partial charge is 0.545 e. The Bertz CT molecular complexity index is 2130. The topological polar surface area (TPSA) is 111 Å². The molecular weight excluding hydrogens is 1250 g/mol. The third kappa shape index (κ3) is 82.6. The highest BCUT2D eigenvalue weighted by atomic mass is 16.7. The second-order valence-electron chi connectivity index (χ2n) is 29.4. The molecular formula is C92H159NO8. The van der Waals surface area contributed by atoms with Gasteiger partial charge in [-0.2, -0.15) is 0 Å². The lowest BCUT2D eigenvalue weighted by molar-refractivity contribution is -0.870. The summed E-state index contributed by atoms with van der Waals surface area (Å²) in [4.78, 5) is 37.7. The molecule has 0 radical (unpaired) electrons. The first-order chi connectivity index (χ1) is 49.6. The summed E-state index contributed by atoms with van der Waals surface area (Å²) in [5, 5.41) is 11.9. The van der Waals surface area contributed by atoms with Gasteiger partial charge in [0.25, 0.3) is 0 Å². The van der Waals surface area contributed by atoms with Crippen LogP contribution in [0.15, 0.2) is 134 Å². The minimum absolute atomic E-state index is 0.146. The highest BCUT2D eigenvalue weighted by Crippen LogP contribution is 2.19. The maximum absolute atomic E-state index is 13.0. The molecule has 0 saturated heterocycles. The summed E-state index contributed by atoms with van der Waals surface area (Å²) in [6, 6.07) is 0. The monoisotopic (exact) mass is 1410 g/mol. The van der Waals surface area contributed by atoms with Crippen molar-refractivity contribution in [3.63, 3.8) is 0 Å². The lowest BCUT2D eigenvalue weighted by Gasteiger charge is -2.26. The van der Waals surface area contributed by atoms with Crippen LogP contribution in [0, 0.1) is 0 Å². The van der Waals surface area contributed by atoms with Crippen LogP contribution in [-0.2, 0) is 33.3 Å². The molecule has 2 unspecified atom stereocenters. The van der Waals surface area contributed by atoms with Crippen molar-refractivity contribution in [3.05, 3.63) is 134 Å². The predicted molar refractivity (Wildman–Crippen MR) is 435 cm³/mol. The fourth-order valence-corrected chi connectivity index (χ4v) is 12.0. The van der Waals surface area contributed by atoms with E-state index in [9.17, 15) is 19.5 Å². The number of quaternary nitrogens is 1. The number of carbonyl (C=O) groups excluding carboxylic acids is 3. The van der Waals surface area contributed by atoms with Crippen LogP contribution in [0.25, 0.3) is 0 Å². The van der Waals surface area contributed by atoms with E-state index in [-0.39, 0.29) is 32.2 Å². The minimum Gasteiger partial charge on any atom is -0.545 e. The number of rotatable bonds is 78. The maximum Gasteiger partial charge on any atom is 0.306 e. The van der Waals surface area contributed by atoms with E-state index in [1.165, 1.54) is 238 Å². The Balaban J connectivity index is 3.97. The average molecular weight is 1410 g/mol. The van der Waals surface area contributed by atoms with Crippen LogP contribution in [-0.4, -0.2) is 82.3 Å². The molecule has 0 fully saturated rings. The molecule has 0 aromatic rings. The summed E-state index contributed by atoms with van der Waals surface area (Å²) in [6.07, 6.45) is 114. The van der Waals surface area contributed by atoms with Crippen LogP contribution in [0.1, 0.15) is 373 Å². The van der Waals surface area contributed by atoms with Gasteiger partial charge in [-0.25, -0.2) is 0 Å². The first kappa shape index (κ1) is 96.4. The van der Waals surface area contributed by atoms with Crippen LogP contribution in [0.2, 0.25) is 0 Å². The molecule has 2 atom stereocenters. The number of allylic oxidation sites excluding steroid dienone is 22. The standard InChI is InChI=1S/C92H159NO8/c1-6-8-10-12-14-16-18-20-22-24-26-28-30-32-34-36-38-40-42-43-44-45-46-47-49-51-53-55-57-59-61-63-65-67-69-71-73-75-77-79-81-83-90(95)101-88(87-100-92(91(96)97)98-85-84-93(3,4)5)86-99-89(94)82-80-78-76-74-72-70-68-66-64-62-60-58-56-54-52-50-48-41-39-37-35-33-31-29-27-25-23-21-19-17-15-13-11-9-7-2/h8-11,14-17,20-23,26-29,32-35,38,40,88,92H,6-7,12-13,18-19,24-25,30-31,36-37,39,41-87H2,1-5H3/b10-8-,11-9-,16-14-,17-15-,22-20-,23-21-,28-26-,29-27-,34-32-,35-33-,40-38-. The molecule has 0 amide bonds. The number of unbranched alkanes of at least 4 members (excludes halogenated alkanes) is 41. The van der Waals surface area contributed by atoms with Gasteiger partial charge in [0.15, 0.2) is 12.4 Å². The van der Waals surface area contributed by atoms with E-state index >= 15 is 0 Å². The zero-order chi connectivity index (χ0) is 73.2. The van der Waals surface area contributed by atoms with E-state index in [0.29, 0.717) is 23.9 Å². The van der Waals surface area contributed by atoms with Crippen molar-refractivity contribution in [2.24, 2.45) is 0 Å². The van der Waals surface area contributed by atoms with Crippen molar-refractivity contribution in [1.29, 1.82) is 0 Å². The Morgan fingerprint density at radius 1 is 0.297 bits per heavy atom. The Morgan fingerprint density at radius 2 is 0.535 bits per heavy atom. The lowest BCUT2D eigenvalue weighted by Crippen LogP contribution is -2.44. The summed E-state index contributed by atoms with van der Waals surface area (Å²) in [6.45, 7) is 4.56. The normalized spacial score (nSPS) is 13.3. The molecule has 0 spiro atoms. The van der Waals surface area contributed by atoms with E-state index in [0.717, 1.165) is 103 Å². The van der Waals surface area contributed by atoms with Crippen molar-refractivity contribution in [1.82, 2.24) is 0 Å². The van der Waals surface area contributed by atoms with Gasteiger partial charge in [0.05, 0.1) is 40.3 Å². The van der Waals surface area contributed by atoms with Crippen LogP contribution in [0.4, 0.5) is 0 Å². The summed E-state index contributed by atoms with van der Waals surface area (Å²) >= 11 is 0. The highest BCUT2D eigenvalue weighted by molar-refractivity contribution is 5.70. The molecule has 0 heterocycles. The van der Waals surface area contributed by atoms with E-state index in [1.807, 2.05) is 21.1 Å². The number of aliphatic carboxylic acids is 1. The fraction of sp³-hybridized carbons (Fsp3) is 0.728. The highest BCUT2D eigenvalue weighted by Gasteiger charge is 2.22. The number of likely N-dealkylation sites (N-methyl/N-ethyl adjacent to an activating group) is 1. The lowest BCUT2D eigenvalue weighted by atomic mass is 10.0. The van der Waals surface area contributed by atoms with Gasteiger partial charge in [-0.1, -0.05) is 385 Å². The van der Waals surface area contributed by atoms with Gasteiger partial charge in [0.2, 0.25) is 0 Å². The maximum atomic E-state index is 13.0. The van der Waals surface area contributed by atoms with E-state index in [1.54, 1.807) is 0 Å². The first-order valence-corrected chi connectivity index (χ1v) is 42.3. The van der Waals surface area contributed by atoms with E-state index < -0.39 is 24.3 Å². The predicted octanol–water partition coefficient (Wildman–Crippen LogP) is 26.3. The van der Waals surface area contributed by atoms with Crippen LogP contribution in [0.5, 0.6) is 0 Å². The minimum atomic E-state index is -1.63. The smallest absolute Gasteiger partial charge is 0.306 e. The summed E-state index contributed by atoms with van der Waals surface area (Å²) in [5.74, 6) is -2.26. The number of carbonyl (C=O) groups is 3.